The normalized spacial score (nSPS) is 13.2. The van der Waals surface area contributed by atoms with Gasteiger partial charge in [-0.15, -0.1) is 5.10 Å². The highest BCUT2D eigenvalue weighted by molar-refractivity contribution is 5.83. The van der Waals surface area contributed by atoms with E-state index in [4.69, 9.17) is 19.2 Å². The number of hydrogen-bond acceptors (Lipinski definition) is 7. The minimum atomic E-state index is 0.559. The van der Waals surface area contributed by atoms with Crippen molar-refractivity contribution >= 4 is 34.2 Å². The zero-order valence-electron chi connectivity index (χ0n) is 17.7. The predicted octanol–water partition coefficient (Wildman–Crippen LogP) is 4.07. The zero-order valence-corrected chi connectivity index (χ0v) is 17.7. The number of aromatic nitrogens is 4. The maximum absolute atomic E-state index is 5.52. The Morgan fingerprint density at radius 1 is 0.968 bits per heavy atom. The van der Waals surface area contributed by atoms with Gasteiger partial charge in [0, 0.05) is 48.0 Å². The number of anilines is 4. The highest BCUT2D eigenvalue weighted by Gasteiger charge is 2.25. The van der Waals surface area contributed by atoms with Crippen molar-refractivity contribution in [2.75, 3.05) is 38.1 Å². The Kier molecular flexibility index (Phi) is 4.78. The first kappa shape index (κ1) is 19.1. The van der Waals surface area contributed by atoms with Crippen LogP contribution >= 0.6 is 0 Å². The lowest BCUT2D eigenvalue weighted by atomic mass is 10.2. The molecule has 2 N–H and O–H groups in total. The Morgan fingerprint density at radius 3 is 2.52 bits per heavy atom. The van der Waals surface area contributed by atoms with Gasteiger partial charge in [0.15, 0.2) is 11.5 Å². The molecule has 0 atom stereocenters. The third kappa shape index (κ3) is 3.37. The number of ether oxygens (including phenoxy) is 3. The maximum atomic E-state index is 5.52. The third-order valence-corrected chi connectivity index (χ3v) is 5.42. The number of hydrogen-bond donors (Lipinski definition) is 2. The highest BCUT2D eigenvalue weighted by atomic mass is 16.5. The Bertz CT molecular complexity index is 1210. The van der Waals surface area contributed by atoms with E-state index in [0.717, 1.165) is 47.7 Å². The molecule has 0 unspecified atom stereocenters. The summed E-state index contributed by atoms with van der Waals surface area (Å²) in [6, 6.07) is 12.0. The van der Waals surface area contributed by atoms with Crippen molar-refractivity contribution in [3.05, 3.63) is 42.6 Å². The summed E-state index contributed by atoms with van der Waals surface area (Å²) < 4.78 is 18.4. The molecule has 31 heavy (non-hydrogen) atoms. The second-order valence-corrected chi connectivity index (χ2v) is 7.25. The Balaban J connectivity index is 1.48. The average molecular weight is 420 g/mol. The SMILES string of the molecule is COc1cc(N2CCCn3nc(Nc4ccc5[nH]ccc5c4)nc32)cc(OC)c1OC. The average Bonchev–Trinajstić information content (AvgIpc) is 3.43. The smallest absolute Gasteiger partial charge is 0.248 e. The van der Waals surface area contributed by atoms with Gasteiger partial charge < -0.3 is 29.4 Å². The molecule has 0 radical (unpaired) electrons. The first-order valence-corrected chi connectivity index (χ1v) is 10.1. The van der Waals surface area contributed by atoms with Gasteiger partial charge in [0.25, 0.3) is 0 Å². The molecule has 0 bridgehead atoms. The van der Waals surface area contributed by atoms with Crippen molar-refractivity contribution in [2.24, 2.45) is 0 Å². The molecule has 0 spiro atoms. The number of aryl methyl sites for hydroxylation is 1. The van der Waals surface area contributed by atoms with Crippen molar-refractivity contribution in [3.63, 3.8) is 0 Å². The monoisotopic (exact) mass is 420 g/mol. The Hall–Kier alpha value is -3.88. The minimum Gasteiger partial charge on any atom is -0.493 e. The van der Waals surface area contributed by atoms with Crippen molar-refractivity contribution in [1.29, 1.82) is 0 Å². The molecule has 4 aromatic rings. The molecule has 0 saturated heterocycles. The number of aromatic amines is 1. The van der Waals surface area contributed by atoms with Crippen molar-refractivity contribution in [3.8, 4) is 17.2 Å². The van der Waals surface area contributed by atoms with Crippen molar-refractivity contribution < 1.29 is 14.2 Å². The summed E-state index contributed by atoms with van der Waals surface area (Å²) in [4.78, 5) is 10.1. The number of nitrogens with zero attached hydrogens (tertiary/aromatic N) is 4. The van der Waals surface area contributed by atoms with E-state index in [9.17, 15) is 0 Å². The zero-order chi connectivity index (χ0) is 21.4. The van der Waals surface area contributed by atoms with Crippen LogP contribution in [0.1, 0.15) is 6.42 Å². The molecule has 0 amide bonds. The van der Waals surface area contributed by atoms with Gasteiger partial charge in [-0.3, -0.25) is 0 Å². The second-order valence-electron chi connectivity index (χ2n) is 7.25. The van der Waals surface area contributed by atoms with Gasteiger partial charge >= 0.3 is 0 Å². The van der Waals surface area contributed by atoms with Crippen LogP contribution in [0.3, 0.4) is 0 Å². The van der Waals surface area contributed by atoms with Gasteiger partial charge in [-0.25, -0.2) is 4.68 Å². The van der Waals surface area contributed by atoms with Crippen LogP contribution in [0, 0.1) is 0 Å². The molecular weight excluding hydrogens is 396 g/mol. The summed E-state index contributed by atoms with van der Waals surface area (Å²) >= 11 is 0. The first-order chi connectivity index (χ1) is 15.2. The van der Waals surface area contributed by atoms with Crippen LogP contribution in [0.2, 0.25) is 0 Å². The van der Waals surface area contributed by atoms with E-state index in [0.29, 0.717) is 23.2 Å². The molecule has 0 saturated carbocycles. The highest BCUT2D eigenvalue weighted by Crippen LogP contribution is 2.43. The summed E-state index contributed by atoms with van der Waals surface area (Å²) in [6.07, 6.45) is 2.87. The first-order valence-electron chi connectivity index (χ1n) is 10.1. The lowest BCUT2D eigenvalue weighted by molar-refractivity contribution is 0.324. The molecule has 9 nitrogen and oxygen atoms in total. The number of H-pyrrole nitrogens is 1. The molecule has 0 aliphatic carbocycles. The summed E-state index contributed by atoms with van der Waals surface area (Å²) in [5.41, 5.74) is 2.94. The largest absolute Gasteiger partial charge is 0.493 e. The van der Waals surface area contributed by atoms with Crippen LogP contribution in [-0.4, -0.2) is 47.6 Å². The Labute approximate surface area is 179 Å². The third-order valence-electron chi connectivity index (χ3n) is 5.42. The minimum absolute atomic E-state index is 0.559. The molecule has 0 fully saturated rings. The summed E-state index contributed by atoms with van der Waals surface area (Å²) in [5.74, 6) is 3.10. The second kappa shape index (κ2) is 7.75. The van der Waals surface area contributed by atoms with E-state index in [1.807, 2.05) is 41.2 Å². The van der Waals surface area contributed by atoms with Crippen molar-refractivity contribution in [1.82, 2.24) is 19.7 Å². The molecule has 2 aromatic carbocycles. The number of benzene rings is 2. The number of methoxy groups -OCH3 is 3. The van der Waals surface area contributed by atoms with Gasteiger partial charge in [0.2, 0.25) is 17.6 Å². The quantitative estimate of drug-likeness (QED) is 0.486. The topological polar surface area (TPSA) is 89.5 Å². The van der Waals surface area contributed by atoms with Crippen LogP contribution in [-0.2, 0) is 6.54 Å². The summed E-state index contributed by atoms with van der Waals surface area (Å²) in [5, 5.41) is 9.12. The molecule has 2 aromatic heterocycles. The van der Waals surface area contributed by atoms with E-state index in [-0.39, 0.29) is 0 Å². The van der Waals surface area contributed by atoms with E-state index in [1.165, 1.54) is 0 Å². The standard InChI is InChI=1S/C22H24N6O3/c1-29-18-12-16(13-19(30-2)20(18)31-3)27-9-4-10-28-22(27)25-21(26-28)24-15-5-6-17-14(11-15)7-8-23-17/h5-8,11-13,23H,4,9-10H2,1-3H3,(H,24,26). The van der Waals surface area contributed by atoms with Crippen molar-refractivity contribution in [2.45, 2.75) is 13.0 Å². The summed E-state index contributed by atoms with van der Waals surface area (Å²) in [6.45, 7) is 1.62. The van der Waals surface area contributed by atoms with E-state index in [1.54, 1.807) is 21.3 Å². The van der Waals surface area contributed by atoms with E-state index in [2.05, 4.69) is 26.4 Å². The van der Waals surface area contributed by atoms with Gasteiger partial charge in [-0.05, 0) is 30.7 Å². The fraction of sp³-hybridized carbons (Fsp3) is 0.273. The number of rotatable bonds is 6. The molecule has 9 heteroatoms. The lowest BCUT2D eigenvalue weighted by Crippen LogP contribution is -2.28. The fourth-order valence-electron chi connectivity index (χ4n) is 3.94. The Morgan fingerprint density at radius 2 is 1.77 bits per heavy atom. The molecule has 1 aliphatic heterocycles. The van der Waals surface area contributed by atoms with Crippen LogP contribution in [0.25, 0.3) is 10.9 Å². The van der Waals surface area contributed by atoms with E-state index < -0.39 is 0 Å². The molecule has 160 valence electrons. The van der Waals surface area contributed by atoms with Crippen LogP contribution < -0.4 is 24.4 Å². The van der Waals surface area contributed by atoms with Crippen LogP contribution in [0.5, 0.6) is 17.2 Å². The lowest BCUT2D eigenvalue weighted by Gasteiger charge is -2.28. The van der Waals surface area contributed by atoms with Crippen LogP contribution in [0.15, 0.2) is 42.6 Å². The number of nitrogens with one attached hydrogen (secondary N) is 2. The number of fused-ring (bicyclic) bond motifs is 2. The predicted molar refractivity (Wildman–Crippen MR) is 119 cm³/mol. The molecule has 5 rings (SSSR count). The van der Waals surface area contributed by atoms with Gasteiger partial charge in [-0.2, -0.15) is 4.98 Å². The molecular formula is C22H24N6O3. The fourth-order valence-corrected chi connectivity index (χ4v) is 3.94. The molecule has 3 heterocycles. The van der Waals surface area contributed by atoms with Crippen LogP contribution in [0.4, 0.5) is 23.3 Å². The van der Waals surface area contributed by atoms with E-state index >= 15 is 0 Å². The summed E-state index contributed by atoms with van der Waals surface area (Å²) in [7, 11) is 4.83. The maximum Gasteiger partial charge on any atom is 0.248 e. The van der Waals surface area contributed by atoms with Gasteiger partial charge in [-0.1, -0.05) is 0 Å². The molecule has 1 aliphatic rings. The van der Waals surface area contributed by atoms with Gasteiger partial charge in [0.1, 0.15) is 0 Å². The van der Waals surface area contributed by atoms with Gasteiger partial charge in [0.05, 0.1) is 27.0 Å².